The predicted molar refractivity (Wildman–Crippen MR) is 58.2 cm³/mol. The highest BCUT2D eigenvalue weighted by atomic mass is 16.2. The number of amides is 1. The number of nitrogens with zero attached hydrogens (tertiary/aromatic N) is 1. The van der Waals surface area contributed by atoms with Crippen molar-refractivity contribution in [3.8, 4) is 0 Å². The molecule has 2 atom stereocenters. The van der Waals surface area contributed by atoms with Crippen LogP contribution in [0.15, 0.2) is 0 Å². The van der Waals surface area contributed by atoms with Crippen molar-refractivity contribution in [3.05, 3.63) is 0 Å². The summed E-state index contributed by atoms with van der Waals surface area (Å²) in [4.78, 5) is 14.1. The largest absolute Gasteiger partial charge is 0.339 e. The topological polar surface area (TPSA) is 32.3 Å². The summed E-state index contributed by atoms with van der Waals surface area (Å²) >= 11 is 0. The second kappa shape index (κ2) is 5.35. The first-order valence-electron chi connectivity index (χ1n) is 5.68. The number of carbonyl (C=O) groups is 1. The maximum Gasteiger partial charge on any atom is 0.239 e. The van der Waals surface area contributed by atoms with Gasteiger partial charge in [0.05, 0.1) is 6.04 Å². The second-order valence-electron chi connectivity index (χ2n) is 4.15. The van der Waals surface area contributed by atoms with Crippen molar-refractivity contribution in [3.63, 3.8) is 0 Å². The Morgan fingerprint density at radius 1 is 1.50 bits per heavy atom. The first-order valence-corrected chi connectivity index (χ1v) is 5.68. The number of carbonyl (C=O) groups excluding carboxylic acids is 1. The number of hydrogen-bond acceptors (Lipinski definition) is 2. The van der Waals surface area contributed by atoms with Crippen LogP contribution in [0.25, 0.3) is 0 Å². The van der Waals surface area contributed by atoms with E-state index in [9.17, 15) is 4.79 Å². The summed E-state index contributed by atoms with van der Waals surface area (Å²) in [6, 6.07) is 0.465. The molecule has 0 radical (unpaired) electrons. The Balaban J connectivity index is 2.69. The number of nitrogens with one attached hydrogen (secondary N) is 1. The molecule has 0 spiro atoms. The lowest BCUT2D eigenvalue weighted by Crippen LogP contribution is -2.47. The van der Waals surface area contributed by atoms with E-state index in [2.05, 4.69) is 19.2 Å². The molecular formula is C11H22N2O. The summed E-state index contributed by atoms with van der Waals surface area (Å²) in [5.41, 5.74) is 0. The molecular weight excluding hydrogens is 176 g/mol. The maximum atomic E-state index is 12.0. The Labute approximate surface area is 86.9 Å². The molecule has 1 rings (SSSR count). The average molecular weight is 198 g/mol. The smallest absolute Gasteiger partial charge is 0.239 e. The summed E-state index contributed by atoms with van der Waals surface area (Å²) in [5, 5.41) is 3.11. The molecule has 0 saturated carbocycles. The van der Waals surface area contributed by atoms with Crippen LogP contribution in [0.5, 0.6) is 0 Å². The molecule has 1 amide bonds. The van der Waals surface area contributed by atoms with Gasteiger partial charge in [0.25, 0.3) is 0 Å². The van der Waals surface area contributed by atoms with Crippen molar-refractivity contribution in [2.24, 2.45) is 0 Å². The third-order valence-corrected chi connectivity index (χ3v) is 3.04. The van der Waals surface area contributed by atoms with Crippen LogP contribution in [-0.2, 0) is 4.79 Å². The summed E-state index contributed by atoms with van der Waals surface area (Å²) < 4.78 is 0. The van der Waals surface area contributed by atoms with Gasteiger partial charge in [-0.3, -0.25) is 4.79 Å². The molecule has 14 heavy (non-hydrogen) atoms. The van der Waals surface area contributed by atoms with Gasteiger partial charge in [-0.15, -0.1) is 0 Å². The third-order valence-electron chi connectivity index (χ3n) is 3.04. The molecule has 1 aliphatic heterocycles. The quantitative estimate of drug-likeness (QED) is 0.743. The highest BCUT2D eigenvalue weighted by Crippen LogP contribution is 2.17. The predicted octanol–water partition coefficient (Wildman–Crippen LogP) is 1.39. The van der Waals surface area contributed by atoms with Crippen molar-refractivity contribution in [1.29, 1.82) is 0 Å². The Hall–Kier alpha value is -0.570. The monoisotopic (exact) mass is 198 g/mol. The van der Waals surface area contributed by atoms with Gasteiger partial charge >= 0.3 is 0 Å². The van der Waals surface area contributed by atoms with E-state index in [0.717, 1.165) is 32.2 Å². The van der Waals surface area contributed by atoms with Crippen molar-refractivity contribution in [2.75, 3.05) is 13.6 Å². The minimum atomic E-state index is 0.0477. The zero-order valence-corrected chi connectivity index (χ0v) is 9.55. The van der Waals surface area contributed by atoms with Gasteiger partial charge in [-0.25, -0.2) is 0 Å². The van der Waals surface area contributed by atoms with Gasteiger partial charge in [0.2, 0.25) is 5.91 Å². The molecule has 1 N–H and O–H groups in total. The average Bonchev–Trinajstić information content (AvgIpc) is 2.30. The van der Waals surface area contributed by atoms with E-state index in [1.165, 1.54) is 0 Å². The summed E-state index contributed by atoms with van der Waals surface area (Å²) in [7, 11) is 1.88. The van der Waals surface area contributed by atoms with Crippen LogP contribution < -0.4 is 5.32 Å². The fraction of sp³-hybridized carbons (Fsp3) is 0.909. The second-order valence-corrected chi connectivity index (χ2v) is 4.15. The number of rotatable bonds is 3. The van der Waals surface area contributed by atoms with E-state index in [0.29, 0.717) is 11.9 Å². The molecule has 1 heterocycles. The minimum absolute atomic E-state index is 0.0477. The lowest BCUT2D eigenvalue weighted by atomic mass is 10.1. The van der Waals surface area contributed by atoms with Gasteiger partial charge in [0.1, 0.15) is 0 Å². The van der Waals surface area contributed by atoms with Crippen LogP contribution in [0.3, 0.4) is 0 Å². The van der Waals surface area contributed by atoms with Gasteiger partial charge in [-0.1, -0.05) is 6.92 Å². The van der Waals surface area contributed by atoms with E-state index in [-0.39, 0.29) is 6.04 Å². The lowest BCUT2D eigenvalue weighted by Gasteiger charge is -2.29. The molecule has 3 heteroatoms. The molecule has 1 fully saturated rings. The Kier molecular flexibility index (Phi) is 4.39. The van der Waals surface area contributed by atoms with Gasteiger partial charge in [0.15, 0.2) is 0 Å². The number of hydrogen-bond donors (Lipinski definition) is 1. The number of likely N-dealkylation sites (N-methyl/N-ethyl adjacent to an activating group) is 1. The number of likely N-dealkylation sites (tertiary alicyclic amines) is 1. The first-order chi connectivity index (χ1) is 6.70. The summed E-state index contributed by atoms with van der Waals surface area (Å²) in [5.74, 6) is 0.291. The van der Waals surface area contributed by atoms with Crippen LogP contribution >= 0.6 is 0 Å². The van der Waals surface area contributed by atoms with Gasteiger partial charge in [0, 0.05) is 12.6 Å². The van der Waals surface area contributed by atoms with E-state index in [1.54, 1.807) is 0 Å². The van der Waals surface area contributed by atoms with Crippen LogP contribution in [0.2, 0.25) is 0 Å². The van der Waals surface area contributed by atoms with Crippen LogP contribution in [-0.4, -0.2) is 36.5 Å². The van der Waals surface area contributed by atoms with Crippen molar-refractivity contribution < 1.29 is 4.79 Å². The van der Waals surface area contributed by atoms with Crippen LogP contribution in [0, 0.1) is 0 Å². The highest BCUT2D eigenvalue weighted by Gasteiger charge is 2.28. The van der Waals surface area contributed by atoms with Gasteiger partial charge in [-0.2, -0.15) is 0 Å². The zero-order valence-electron chi connectivity index (χ0n) is 9.55. The molecule has 82 valence electrons. The fourth-order valence-electron chi connectivity index (χ4n) is 2.15. The summed E-state index contributed by atoms with van der Waals surface area (Å²) in [6.07, 6.45) is 4.33. The Bertz CT molecular complexity index is 194. The normalized spacial score (nSPS) is 29.1. The maximum absolute atomic E-state index is 12.0. The zero-order chi connectivity index (χ0) is 10.6. The standard InChI is InChI=1S/C11H22N2O/c1-4-8-13-9(2)6-5-7-10(12-3)11(13)14/h9-10,12H,4-8H2,1-3H3. The molecule has 1 saturated heterocycles. The van der Waals surface area contributed by atoms with Crippen molar-refractivity contribution in [2.45, 2.75) is 51.6 Å². The van der Waals surface area contributed by atoms with E-state index in [4.69, 9.17) is 0 Å². The molecule has 0 aromatic heterocycles. The molecule has 0 aromatic carbocycles. The van der Waals surface area contributed by atoms with E-state index < -0.39 is 0 Å². The molecule has 0 bridgehead atoms. The molecule has 0 aromatic rings. The summed E-state index contributed by atoms with van der Waals surface area (Å²) in [6.45, 7) is 5.18. The molecule has 3 nitrogen and oxygen atoms in total. The van der Waals surface area contributed by atoms with Crippen LogP contribution in [0.4, 0.5) is 0 Å². The SMILES string of the molecule is CCCN1C(=O)C(NC)CCCC1C. The van der Waals surface area contributed by atoms with Gasteiger partial charge in [-0.05, 0) is 39.7 Å². The minimum Gasteiger partial charge on any atom is -0.339 e. The molecule has 1 aliphatic rings. The van der Waals surface area contributed by atoms with Crippen molar-refractivity contribution >= 4 is 5.91 Å². The van der Waals surface area contributed by atoms with E-state index in [1.807, 2.05) is 11.9 Å². The molecule has 0 aliphatic carbocycles. The lowest BCUT2D eigenvalue weighted by molar-refractivity contribution is -0.134. The molecule has 2 unspecified atom stereocenters. The van der Waals surface area contributed by atoms with Gasteiger partial charge < -0.3 is 10.2 Å². The third kappa shape index (κ3) is 2.47. The first kappa shape index (κ1) is 11.5. The Morgan fingerprint density at radius 2 is 2.21 bits per heavy atom. The van der Waals surface area contributed by atoms with E-state index >= 15 is 0 Å². The van der Waals surface area contributed by atoms with Crippen molar-refractivity contribution in [1.82, 2.24) is 10.2 Å². The Morgan fingerprint density at radius 3 is 2.79 bits per heavy atom. The highest BCUT2D eigenvalue weighted by molar-refractivity contribution is 5.82. The van der Waals surface area contributed by atoms with Crippen LogP contribution in [0.1, 0.15) is 39.5 Å². The fourth-order valence-corrected chi connectivity index (χ4v) is 2.15.